The van der Waals surface area contributed by atoms with E-state index in [0.717, 1.165) is 44.1 Å². The van der Waals surface area contributed by atoms with Crippen molar-refractivity contribution in [1.29, 1.82) is 0 Å². The predicted molar refractivity (Wildman–Crippen MR) is 72.8 cm³/mol. The summed E-state index contributed by atoms with van der Waals surface area (Å²) in [6, 6.07) is 0. The molecule has 1 aliphatic rings. The second kappa shape index (κ2) is 6.00. The van der Waals surface area contributed by atoms with E-state index in [1.54, 1.807) is 12.4 Å². The SMILES string of the molecule is CCCNc1cncc(N2CCC(O)C(C)C2)n1. The molecule has 2 N–H and O–H groups in total. The van der Waals surface area contributed by atoms with Crippen molar-refractivity contribution in [2.45, 2.75) is 32.8 Å². The van der Waals surface area contributed by atoms with E-state index in [1.165, 1.54) is 0 Å². The lowest BCUT2D eigenvalue weighted by molar-refractivity contribution is 0.0969. The third kappa shape index (κ3) is 3.10. The molecule has 0 radical (unpaired) electrons. The summed E-state index contributed by atoms with van der Waals surface area (Å²) in [6.45, 7) is 6.79. The summed E-state index contributed by atoms with van der Waals surface area (Å²) in [5, 5.41) is 13.0. The van der Waals surface area contributed by atoms with Crippen LogP contribution in [0, 0.1) is 5.92 Å². The van der Waals surface area contributed by atoms with Crippen molar-refractivity contribution in [1.82, 2.24) is 9.97 Å². The lowest BCUT2D eigenvalue weighted by Gasteiger charge is -2.35. The van der Waals surface area contributed by atoms with Crippen LogP contribution >= 0.6 is 0 Å². The average Bonchev–Trinajstić information content (AvgIpc) is 2.40. The van der Waals surface area contributed by atoms with E-state index < -0.39 is 0 Å². The fraction of sp³-hybridized carbons (Fsp3) is 0.692. The minimum Gasteiger partial charge on any atom is -0.393 e. The smallest absolute Gasteiger partial charge is 0.149 e. The van der Waals surface area contributed by atoms with E-state index in [0.29, 0.717) is 0 Å². The fourth-order valence-electron chi connectivity index (χ4n) is 2.19. The first kappa shape index (κ1) is 13.1. The highest BCUT2D eigenvalue weighted by atomic mass is 16.3. The molecule has 0 aromatic carbocycles. The standard InChI is InChI=1S/C13H22N4O/c1-3-5-15-12-7-14-8-13(16-12)17-6-4-11(18)10(2)9-17/h7-8,10-11,18H,3-6,9H2,1-2H3,(H,15,16). The summed E-state index contributed by atoms with van der Waals surface area (Å²) >= 11 is 0. The number of nitrogens with zero attached hydrogens (tertiary/aromatic N) is 3. The van der Waals surface area contributed by atoms with E-state index in [9.17, 15) is 5.11 Å². The van der Waals surface area contributed by atoms with Crippen LogP contribution in [-0.4, -0.2) is 40.8 Å². The molecule has 5 nitrogen and oxygen atoms in total. The normalized spacial score (nSPS) is 24.1. The second-order valence-corrected chi connectivity index (χ2v) is 4.97. The Hall–Kier alpha value is -1.36. The summed E-state index contributed by atoms with van der Waals surface area (Å²) in [5.74, 6) is 2.01. The summed E-state index contributed by atoms with van der Waals surface area (Å²) in [6.07, 6.45) is 5.23. The van der Waals surface area contributed by atoms with Gasteiger partial charge in [0.1, 0.15) is 11.6 Å². The predicted octanol–water partition coefficient (Wildman–Crippen LogP) is 1.51. The van der Waals surface area contributed by atoms with Gasteiger partial charge in [-0.3, -0.25) is 4.98 Å². The molecule has 2 rings (SSSR count). The van der Waals surface area contributed by atoms with Gasteiger partial charge in [0.05, 0.1) is 18.5 Å². The topological polar surface area (TPSA) is 61.3 Å². The maximum Gasteiger partial charge on any atom is 0.149 e. The van der Waals surface area contributed by atoms with Gasteiger partial charge in [-0.1, -0.05) is 13.8 Å². The molecule has 2 heterocycles. The highest BCUT2D eigenvalue weighted by Gasteiger charge is 2.25. The minimum atomic E-state index is -0.185. The molecule has 0 aliphatic carbocycles. The molecular formula is C13H22N4O. The first-order chi connectivity index (χ1) is 8.70. The molecule has 1 aromatic heterocycles. The zero-order valence-electron chi connectivity index (χ0n) is 11.1. The van der Waals surface area contributed by atoms with Gasteiger partial charge in [0.2, 0.25) is 0 Å². The van der Waals surface area contributed by atoms with Gasteiger partial charge in [-0.2, -0.15) is 0 Å². The maximum absolute atomic E-state index is 9.74. The van der Waals surface area contributed by atoms with Crippen LogP contribution in [0.15, 0.2) is 12.4 Å². The van der Waals surface area contributed by atoms with Crippen LogP contribution in [0.3, 0.4) is 0 Å². The lowest BCUT2D eigenvalue weighted by Crippen LogP contribution is -2.42. The van der Waals surface area contributed by atoms with Gasteiger partial charge in [0.25, 0.3) is 0 Å². The first-order valence-electron chi connectivity index (χ1n) is 6.69. The Morgan fingerprint density at radius 2 is 2.33 bits per heavy atom. The molecule has 100 valence electrons. The number of aromatic nitrogens is 2. The highest BCUT2D eigenvalue weighted by molar-refractivity contribution is 5.44. The van der Waals surface area contributed by atoms with Crippen LogP contribution < -0.4 is 10.2 Å². The summed E-state index contributed by atoms with van der Waals surface area (Å²) in [7, 11) is 0. The Morgan fingerprint density at radius 1 is 1.50 bits per heavy atom. The van der Waals surface area contributed by atoms with Crippen LogP contribution in [0.2, 0.25) is 0 Å². The molecule has 0 amide bonds. The van der Waals surface area contributed by atoms with Crippen LogP contribution in [0.4, 0.5) is 11.6 Å². The molecule has 0 saturated carbocycles. The fourth-order valence-corrected chi connectivity index (χ4v) is 2.19. The maximum atomic E-state index is 9.74. The first-order valence-corrected chi connectivity index (χ1v) is 6.69. The molecule has 0 bridgehead atoms. The van der Waals surface area contributed by atoms with Gasteiger partial charge in [-0.15, -0.1) is 0 Å². The van der Waals surface area contributed by atoms with Crippen molar-refractivity contribution in [3.8, 4) is 0 Å². The van der Waals surface area contributed by atoms with Crippen molar-refractivity contribution >= 4 is 11.6 Å². The zero-order chi connectivity index (χ0) is 13.0. The molecule has 1 aromatic rings. The Bertz CT molecular complexity index is 385. The highest BCUT2D eigenvalue weighted by Crippen LogP contribution is 2.21. The van der Waals surface area contributed by atoms with Gasteiger partial charge in [-0.05, 0) is 18.8 Å². The van der Waals surface area contributed by atoms with E-state index in [2.05, 4.69) is 34.0 Å². The molecule has 0 spiro atoms. The Labute approximate surface area is 108 Å². The van der Waals surface area contributed by atoms with Crippen molar-refractivity contribution in [2.24, 2.45) is 5.92 Å². The van der Waals surface area contributed by atoms with Crippen molar-refractivity contribution < 1.29 is 5.11 Å². The summed E-state index contributed by atoms with van der Waals surface area (Å²) < 4.78 is 0. The Kier molecular flexibility index (Phi) is 4.36. The number of hydrogen-bond donors (Lipinski definition) is 2. The number of nitrogens with one attached hydrogen (secondary N) is 1. The molecular weight excluding hydrogens is 228 g/mol. The van der Waals surface area contributed by atoms with Gasteiger partial charge >= 0.3 is 0 Å². The van der Waals surface area contributed by atoms with E-state index in [1.807, 2.05) is 0 Å². The molecule has 18 heavy (non-hydrogen) atoms. The second-order valence-electron chi connectivity index (χ2n) is 4.97. The number of rotatable bonds is 4. The van der Waals surface area contributed by atoms with Gasteiger partial charge in [0.15, 0.2) is 0 Å². The molecule has 1 aliphatic heterocycles. The third-order valence-corrected chi connectivity index (χ3v) is 3.36. The van der Waals surface area contributed by atoms with Crippen LogP contribution in [0.1, 0.15) is 26.7 Å². The number of piperidine rings is 1. The quantitative estimate of drug-likeness (QED) is 0.848. The zero-order valence-corrected chi connectivity index (χ0v) is 11.1. The molecule has 2 atom stereocenters. The van der Waals surface area contributed by atoms with Crippen molar-refractivity contribution in [3.05, 3.63) is 12.4 Å². The average molecular weight is 250 g/mol. The number of anilines is 2. The van der Waals surface area contributed by atoms with E-state index in [4.69, 9.17) is 0 Å². The van der Waals surface area contributed by atoms with Gasteiger partial charge in [-0.25, -0.2) is 4.98 Å². The van der Waals surface area contributed by atoms with Crippen LogP contribution in [0.5, 0.6) is 0 Å². The molecule has 2 unspecified atom stereocenters. The van der Waals surface area contributed by atoms with Gasteiger partial charge < -0.3 is 15.3 Å². The minimum absolute atomic E-state index is 0.185. The van der Waals surface area contributed by atoms with Crippen molar-refractivity contribution in [3.63, 3.8) is 0 Å². The lowest BCUT2D eigenvalue weighted by atomic mass is 9.97. The van der Waals surface area contributed by atoms with Crippen molar-refractivity contribution in [2.75, 3.05) is 29.9 Å². The Morgan fingerprint density at radius 3 is 3.06 bits per heavy atom. The molecule has 1 saturated heterocycles. The monoisotopic (exact) mass is 250 g/mol. The number of aliphatic hydroxyl groups is 1. The Balaban J connectivity index is 2.04. The van der Waals surface area contributed by atoms with Crippen LogP contribution in [-0.2, 0) is 0 Å². The summed E-state index contributed by atoms with van der Waals surface area (Å²) in [4.78, 5) is 11.0. The van der Waals surface area contributed by atoms with E-state index >= 15 is 0 Å². The van der Waals surface area contributed by atoms with E-state index in [-0.39, 0.29) is 12.0 Å². The largest absolute Gasteiger partial charge is 0.393 e. The molecule has 5 heteroatoms. The number of aliphatic hydroxyl groups excluding tert-OH is 1. The van der Waals surface area contributed by atoms with Gasteiger partial charge in [0, 0.05) is 19.6 Å². The number of hydrogen-bond acceptors (Lipinski definition) is 5. The molecule has 1 fully saturated rings. The third-order valence-electron chi connectivity index (χ3n) is 3.36. The van der Waals surface area contributed by atoms with Crippen LogP contribution in [0.25, 0.3) is 0 Å². The summed E-state index contributed by atoms with van der Waals surface area (Å²) in [5.41, 5.74) is 0.